The normalized spacial score (nSPS) is 17.2. The van der Waals surface area contributed by atoms with Crippen LogP contribution in [0.4, 0.5) is 0 Å². The summed E-state index contributed by atoms with van der Waals surface area (Å²) in [5, 5.41) is 0.561. The first-order chi connectivity index (χ1) is 13.8. The molecule has 0 aromatic heterocycles. The van der Waals surface area contributed by atoms with Gasteiger partial charge in [-0.1, -0.05) is 50.3 Å². The van der Waals surface area contributed by atoms with E-state index in [9.17, 15) is 0 Å². The molecule has 3 nitrogen and oxygen atoms in total. The van der Waals surface area contributed by atoms with E-state index in [4.69, 9.17) is 29.9 Å². The minimum absolute atomic E-state index is 0.200. The van der Waals surface area contributed by atoms with Crippen molar-refractivity contribution in [3.8, 4) is 28.4 Å². The van der Waals surface area contributed by atoms with Crippen LogP contribution >= 0.6 is 0 Å². The highest BCUT2D eigenvalue weighted by Crippen LogP contribution is 2.57. The van der Waals surface area contributed by atoms with Crippen LogP contribution < -0.4 is 14.2 Å². The second-order valence-corrected chi connectivity index (χ2v) is 8.21. The second-order valence-electron chi connectivity index (χ2n) is 8.21. The van der Waals surface area contributed by atoms with Gasteiger partial charge in [-0.3, -0.25) is 0 Å². The number of rotatable bonds is 2. The highest BCUT2D eigenvalue weighted by Gasteiger charge is 2.41. The van der Waals surface area contributed by atoms with Gasteiger partial charge in [0.25, 0.3) is 0 Å². The molecule has 0 amide bonds. The Morgan fingerprint density at radius 1 is 0.931 bits per heavy atom. The molecule has 0 bridgehead atoms. The minimum Gasteiger partial charge on any atom is -0.502 e. The smallest absolute Gasteiger partial charge is 0.161 e. The van der Waals surface area contributed by atoms with Gasteiger partial charge >= 0.3 is 0 Å². The average molecular weight is 378 g/mol. The molecule has 3 aromatic carbocycles. The number of benzene rings is 3. The van der Waals surface area contributed by atoms with Crippen LogP contribution in [0.25, 0.3) is 28.0 Å². The van der Waals surface area contributed by atoms with E-state index in [1.807, 2.05) is 18.2 Å². The summed E-state index contributed by atoms with van der Waals surface area (Å²) in [4.78, 5) is 0. The molecular formula is C24H20B2O3. The van der Waals surface area contributed by atoms with Crippen LogP contribution in [0, 0.1) is 0 Å². The highest BCUT2D eigenvalue weighted by molar-refractivity contribution is 6.41. The molecule has 4 radical (unpaired) electrons. The molecule has 0 atom stereocenters. The van der Waals surface area contributed by atoms with Crippen molar-refractivity contribution in [1.82, 2.24) is 0 Å². The van der Waals surface area contributed by atoms with Crippen molar-refractivity contribution in [2.75, 3.05) is 14.2 Å². The Morgan fingerprint density at radius 3 is 2.28 bits per heavy atom. The Morgan fingerprint density at radius 2 is 1.59 bits per heavy atom. The Kier molecular flexibility index (Phi) is 3.68. The third-order valence-electron chi connectivity index (χ3n) is 6.09. The first kappa shape index (κ1) is 18.2. The Balaban J connectivity index is 2.01. The first-order valence-corrected chi connectivity index (χ1v) is 9.60. The van der Waals surface area contributed by atoms with Crippen LogP contribution in [-0.4, -0.2) is 35.3 Å². The van der Waals surface area contributed by atoms with Crippen molar-refractivity contribution < 1.29 is 14.2 Å². The molecule has 0 fully saturated rings. The fourth-order valence-corrected chi connectivity index (χ4v) is 4.80. The molecule has 0 saturated carbocycles. The van der Waals surface area contributed by atoms with Crippen molar-refractivity contribution in [1.29, 1.82) is 0 Å². The van der Waals surface area contributed by atoms with E-state index in [0.717, 1.165) is 16.3 Å². The Labute approximate surface area is 173 Å². The number of fused-ring (bicyclic) bond motifs is 8. The van der Waals surface area contributed by atoms with Crippen molar-refractivity contribution in [3.05, 3.63) is 59.2 Å². The summed E-state index contributed by atoms with van der Waals surface area (Å²) < 4.78 is 17.3. The molecule has 3 aromatic rings. The maximum absolute atomic E-state index is 6.12. The molecule has 0 spiro atoms. The van der Waals surface area contributed by atoms with Gasteiger partial charge in [-0.2, -0.15) is 0 Å². The lowest BCUT2D eigenvalue weighted by atomic mass is 9.63. The van der Waals surface area contributed by atoms with E-state index in [-0.39, 0.29) is 5.41 Å². The zero-order chi connectivity index (χ0) is 20.6. The molecule has 0 unspecified atom stereocenters. The van der Waals surface area contributed by atoms with Crippen LogP contribution in [-0.2, 0) is 5.41 Å². The summed E-state index contributed by atoms with van der Waals surface area (Å²) in [7, 11) is 15.5. The fraction of sp³-hybridized carbons (Fsp3) is 0.250. The maximum atomic E-state index is 6.12. The molecule has 1 heterocycles. The molecule has 140 valence electrons. The quantitative estimate of drug-likeness (QED) is 0.612. The number of methoxy groups -OCH3 is 2. The van der Waals surface area contributed by atoms with E-state index in [1.165, 1.54) is 22.3 Å². The molecule has 0 saturated heterocycles. The standard InChI is InChI=1S/C24H20B2O3/c1-23(2)17-8-6-5-7-13(17)20-15-11-18(27-3)19(28-4)12-16(15)22-14(21(20)23)9-10-24(25,26)29-22/h5-12H,1-4H3. The molecule has 29 heavy (non-hydrogen) atoms. The predicted molar refractivity (Wildman–Crippen MR) is 119 cm³/mol. The minimum atomic E-state index is -1.36. The van der Waals surface area contributed by atoms with Crippen molar-refractivity contribution in [2.45, 2.75) is 24.7 Å². The summed E-state index contributed by atoms with van der Waals surface area (Å²) in [5.41, 5.74) is 5.71. The Bertz CT molecular complexity index is 1210. The molecule has 1 aliphatic carbocycles. The van der Waals surface area contributed by atoms with Gasteiger partial charge in [-0.05, 0) is 39.8 Å². The summed E-state index contributed by atoms with van der Waals surface area (Å²) in [5.74, 6) is 1.97. The van der Waals surface area contributed by atoms with Gasteiger partial charge in [-0.25, -0.2) is 0 Å². The van der Waals surface area contributed by atoms with Gasteiger partial charge < -0.3 is 14.2 Å². The summed E-state index contributed by atoms with van der Waals surface area (Å²) >= 11 is 0. The van der Waals surface area contributed by atoms with E-state index in [0.29, 0.717) is 17.2 Å². The average Bonchev–Trinajstić information content (AvgIpc) is 2.94. The highest BCUT2D eigenvalue weighted by atomic mass is 16.5. The zero-order valence-electron chi connectivity index (χ0n) is 17.0. The number of hydrogen-bond acceptors (Lipinski definition) is 3. The van der Waals surface area contributed by atoms with Crippen molar-refractivity contribution in [2.24, 2.45) is 0 Å². The van der Waals surface area contributed by atoms with E-state index < -0.39 is 5.40 Å². The third-order valence-corrected chi connectivity index (χ3v) is 6.09. The van der Waals surface area contributed by atoms with Crippen molar-refractivity contribution >= 4 is 32.5 Å². The molecule has 0 N–H and O–H groups in total. The fourth-order valence-electron chi connectivity index (χ4n) is 4.80. The third kappa shape index (κ3) is 2.40. The van der Waals surface area contributed by atoms with Gasteiger partial charge in [0.1, 0.15) is 21.4 Å². The summed E-state index contributed by atoms with van der Waals surface area (Å²) in [6.07, 6.45) is 3.70. The number of ether oxygens (including phenoxy) is 3. The van der Waals surface area contributed by atoms with Gasteiger partial charge in [0.05, 0.1) is 14.2 Å². The van der Waals surface area contributed by atoms with Gasteiger partial charge in [0, 0.05) is 21.8 Å². The topological polar surface area (TPSA) is 27.7 Å². The molecule has 5 heteroatoms. The first-order valence-electron chi connectivity index (χ1n) is 9.60. The number of hydrogen-bond donors (Lipinski definition) is 0. The zero-order valence-corrected chi connectivity index (χ0v) is 17.0. The van der Waals surface area contributed by atoms with Gasteiger partial charge in [0.15, 0.2) is 11.5 Å². The SMILES string of the molecule is [B]C1([B])C=Cc2c3c(c4cc(OC)c(OC)cc4c2O1)-c1ccccc1C3(C)C. The van der Waals surface area contributed by atoms with Gasteiger partial charge in [-0.15, -0.1) is 0 Å². The Hall–Kier alpha value is -2.81. The van der Waals surface area contributed by atoms with Crippen LogP contribution in [0.5, 0.6) is 17.2 Å². The second kappa shape index (κ2) is 5.85. The van der Waals surface area contributed by atoms with Gasteiger partial charge in [0.2, 0.25) is 0 Å². The van der Waals surface area contributed by atoms with E-state index in [2.05, 4.69) is 38.1 Å². The summed E-state index contributed by atoms with van der Waals surface area (Å²) in [6, 6.07) is 12.5. The predicted octanol–water partition coefficient (Wildman–Crippen LogP) is 4.56. The molecular weight excluding hydrogens is 358 g/mol. The molecule has 2 aliphatic rings. The van der Waals surface area contributed by atoms with Crippen LogP contribution in [0.2, 0.25) is 0 Å². The van der Waals surface area contributed by atoms with Crippen LogP contribution in [0.3, 0.4) is 0 Å². The lowest BCUT2D eigenvalue weighted by Crippen LogP contribution is -2.37. The lowest BCUT2D eigenvalue weighted by molar-refractivity contribution is 0.287. The van der Waals surface area contributed by atoms with Crippen LogP contribution in [0.15, 0.2) is 42.5 Å². The summed E-state index contributed by atoms with van der Waals surface area (Å²) in [6.45, 7) is 4.48. The molecule has 1 aliphatic heterocycles. The maximum Gasteiger partial charge on any atom is 0.161 e. The van der Waals surface area contributed by atoms with Crippen molar-refractivity contribution in [3.63, 3.8) is 0 Å². The molecule has 5 rings (SSSR count). The lowest BCUT2D eigenvalue weighted by Gasteiger charge is -2.34. The monoisotopic (exact) mass is 378 g/mol. The van der Waals surface area contributed by atoms with Crippen LogP contribution in [0.1, 0.15) is 30.5 Å². The van der Waals surface area contributed by atoms with E-state index in [1.54, 1.807) is 20.3 Å². The van der Waals surface area contributed by atoms with E-state index >= 15 is 0 Å². The largest absolute Gasteiger partial charge is 0.502 e.